The maximum atomic E-state index is 12.1. The quantitative estimate of drug-likeness (QED) is 0.902. The van der Waals surface area contributed by atoms with Crippen LogP contribution in [-0.2, 0) is 11.3 Å². The first kappa shape index (κ1) is 15.0. The van der Waals surface area contributed by atoms with Crippen molar-refractivity contribution in [2.45, 2.75) is 19.0 Å². The summed E-state index contributed by atoms with van der Waals surface area (Å²) in [7, 11) is 0. The maximum Gasteiger partial charge on any atom is 0.315 e. The first-order valence-corrected chi connectivity index (χ1v) is 7.51. The molecule has 2 heterocycles. The number of nitrogens with one attached hydrogen (secondary N) is 2. The third-order valence-electron chi connectivity index (χ3n) is 3.73. The van der Waals surface area contributed by atoms with Gasteiger partial charge in [-0.3, -0.25) is 9.78 Å². The average molecular weight is 310 g/mol. The van der Waals surface area contributed by atoms with Crippen molar-refractivity contribution in [1.82, 2.24) is 15.6 Å². The van der Waals surface area contributed by atoms with Gasteiger partial charge in [0.25, 0.3) is 0 Å². The van der Waals surface area contributed by atoms with Crippen LogP contribution >= 0.6 is 0 Å². The van der Waals surface area contributed by atoms with Crippen LogP contribution in [0.1, 0.15) is 12.0 Å². The van der Waals surface area contributed by atoms with Crippen molar-refractivity contribution >= 4 is 17.6 Å². The summed E-state index contributed by atoms with van der Waals surface area (Å²) in [4.78, 5) is 29.7. The second kappa shape index (κ2) is 6.91. The summed E-state index contributed by atoms with van der Waals surface area (Å²) in [6, 6.07) is 12.7. The van der Waals surface area contributed by atoms with E-state index in [4.69, 9.17) is 0 Å². The Bertz CT molecular complexity index is 676. The molecule has 0 radical (unpaired) electrons. The SMILES string of the molecule is O=C(NCc1ccncc1)NC1CC(=O)N(c2ccccc2)C1. The highest BCUT2D eigenvalue weighted by atomic mass is 16.2. The summed E-state index contributed by atoms with van der Waals surface area (Å²) in [5.74, 6) is 0.0237. The molecule has 1 atom stereocenters. The Morgan fingerprint density at radius 1 is 1.17 bits per heavy atom. The summed E-state index contributed by atoms with van der Waals surface area (Å²) < 4.78 is 0. The molecule has 2 aromatic rings. The minimum atomic E-state index is -0.269. The molecule has 0 bridgehead atoms. The number of nitrogens with zero attached hydrogens (tertiary/aromatic N) is 2. The van der Waals surface area contributed by atoms with E-state index in [0.717, 1.165) is 11.3 Å². The van der Waals surface area contributed by atoms with Crippen LogP contribution in [0, 0.1) is 0 Å². The molecule has 1 aromatic carbocycles. The van der Waals surface area contributed by atoms with E-state index in [9.17, 15) is 9.59 Å². The Kier molecular flexibility index (Phi) is 4.52. The first-order chi connectivity index (χ1) is 11.2. The molecule has 3 rings (SSSR count). The van der Waals surface area contributed by atoms with Gasteiger partial charge in [-0.2, -0.15) is 0 Å². The van der Waals surface area contributed by atoms with Gasteiger partial charge in [-0.15, -0.1) is 0 Å². The average Bonchev–Trinajstić information content (AvgIpc) is 2.95. The number of anilines is 1. The highest BCUT2D eigenvalue weighted by Gasteiger charge is 2.31. The van der Waals surface area contributed by atoms with Crippen molar-refractivity contribution in [2.24, 2.45) is 0 Å². The number of aromatic nitrogens is 1. The lowest BCUT2D eigenvalue weighted by atomic mass is 10.2. The number of amides is 3. The predicted molar refractivity (Wildman–Crippen MR) is 86.8 cm³/mol. The summed E-state index contributed by atoms with van der Waals surface area (Å²) >= 11 is 0. The van der Waals surface area contributed by atoms with Crippen molar-refractivity contribution in [3.63, 3.8) is 0 Å². The van der Waals surface area contributed by atoms with Gasteiger partial charge in [0.05, 0.1) is 6.04 Å². The van der Waals surface area contributed by atoms with Crippen LogP contribution in [-0.4, -0.2) is 29.5 Å². The van der Waals surface area contributed by atoms with Crippen LogP contribution < -0.4 is 15.5 Å². The summed E-state index contributed by atoms with van der Waals surface area (Å²) in [5, 5.41) is 5.64. The largest absolute Gasteiger partial charge is 0.334 e. The number of urea groups is 1. The van der Waals surface area contributed by atoms with Crippen LogP contribution in [0.2, 0.25) is 0 Å². The molecule has 1 aliphatic heterocycles. The number of carbonyl (C=O) groups is 2. The highest BCUT2D eigenvalue weighted by molar-refractivity contribution is 5.96. The molecule has 1 saturated heterocycles. The van der Waals surface area contributed by atoms with Gasteiger partial charge in [0.2, 0.25) is 5.91 Å². The monoisotopic (exact) mass is 310 g/mol. The van der Waals surface area contributed by atoms with Crippen LogP contribution in [0.15, 0.2) is 54.9 Å². The smallest absolute Gasteiger partial charge is 0.315 e. The fourth-order valence-electron chi connectivity index (χ4n) is 2.58. The third-order valence-corrected chi connectivity index (χ3v) is 3.73. The molecule has 6 heteroatoms. The van der Waals surface area contributed by atoms with E-state index in [0.29, 0.717) is 19.5 Å². The summed E-state index contributed by atoms with van der Waals surface area (Å²) in [5.41, 5.74) is 1.84. The molecule has 1 aromatic heterocycles. The molecule has 23 heavy (non-hydrogen) atoms. The molecule has 3 amide bonds. The van der Waals surface area contributed by atoms with Gasteiger partial charge in [0.15, 0.2) is 0 Å². The third kappa shape index (κ3) is 3.85. The van der Waals surface area contributed by atoms with E-state index < -0.39 is 0 Å². The Labute approximate surface area is 134 Å². The second-order valence-electron chi connectivity index (χ2n) is 5.42. The van der Waals surface area contributed by atoms with Crippen LogP contribution in [0.5, 0.6) is 0 Å². The molecule has 118 valence electrons. The Balaban J connectivity index is 1.51. The van der Waals surface area contributed by atoms with Gasteiger partial charge in [0.1, 0.15) is 0 Å². The lowest BCUT2D eigenvalue weighted by Crippen LogP contribution is -2.43. The fraction of sp³-hybridized carbons (Fsp3) is 0.235. The number of para-hydroxylation sites is 1. The zero-order chi connectivity index (χ0) is 16.1. The van der Waals surface area contributed by atoms with Crippen molar-refractivity contribution in [2.75, 3.05) is 11.4 Å². The van der Waals surface area contributed by atoms with Crippen molar-refractivity contribution in [1.29, 1.82) is 0 Å². The van der Waals surface area contributed by atoms with E-state index in [-0.39, 0.29) is 18.0 Å². The zero-order valence-corrected chi connectivity index (χ0v) is 12.6. The van der Waals surface area contributed by atoms with E-state index >= 15 is 0 Å². The molecular formula is C17H18N4O2. The van der Waals surface area contributed by atoms with E-state index in [2.05, 4.69) is 15.6 Å². The Morgan fingerprint density at radius 3 is 2.65 bits per heavy atom. The maximum absolute atomic E-state index is 12.1. The number of hydrogen-bond acceptors (Lipinski definition) is 3. The molecular weight excluding hydrogens is 292 g/mol. The van der Waals surface area contributed by atoms with Crippen LogP contribution in [0.3, 0.4) is 0 Å². The number of rotatable bonds is 4. The predicted octanol–water partition coefficient (Wildman–Crippen LogP) is 1.69. The van der Waals surface area contributed by atoms with Gasteiger partial charge >= 0.3 is 6.03 Å². The van der Waals surface area contributed by atoms with Crippen molar-refractivity contribution < 1.29 is 9.59 Å². The molecule has 1 aliphatic rings. The normalized spacial score (nSPS) is 17.1. The minimum absolute atomic E-state index is 0.0237. The van der Waals surface area contributed by atoms with Gasteiger partial charge < -0.3 is 15.5 Å². The fourth-order valence-corrected chi connectivity index (χ4v) is 2.58. The lowest BCUT2D eigenvalue weighted by molar-refractivity contribution is -0.117. The van der Waals surface area contributed by atoms with Crippen LogP contribution in [0.4, 0.5) is 10.5 Å². The van der Waals surface area contributed by atoms with E-state index in [1.807, 2.05) is 42.5 Å². The molecule has 1 fully saturated rings. The van der Waals surface area contributed by atoms with Gasteiger partial charge in [-0.1, -0.05) is 18.2 Å². The topological polar surface area (TPSA) is 74.3 Å². The second-order valence-corrected chi connectivity index (χ2v) is 5.42. The van der Waals surface area contributed by atoms with E-state index in [1.54, 1.807) is 17.3 Å². The molecule has 0 spiro atoms. The van der Waals surface area contributed by atoms with Crippen LogP contribution in [0.25, 0.3) is 0 Å². The lowest BCUT2D eigenvalue weighted by Gasteiger charge is -2.17. The van der Waals surface area contributed by atoms with Crippen molar-refractivity contribution in [3.05, 3.63) is 60.4 Å². The number of pyridine rings is 1. The van der Waals surface area contributed by atoms with Crippen molar-refractivity contribution in [3.8, 4) is 0 Å². The molecule has 6 nitrogen and oxygen atoms in total. The molecule has 1 unspecified atom stereocenters. The minimum Gasteiger partial charge on any atom is -0.334 e. The summed E-state index contributed by atoms with van der Waals surface area (Å²) in [6.07, 6.45) is 3.68. The molecule has 0 aliphatic carbocycles. The molecule has 2 N–H and O–H groups in total. The summed E-state index contributed by atoms with van der Waals surface area (Å²) in [6.45, 7) is 0.920. The number of carbonyl (C=O) groups excluding carboxylic acids is 2. The van der Waals surface area contributed by atoms with Gasteiger partial charge in [-0.05, 0) is 29.8 Å². The Hall–Kier alpha value is -2.89. The number of benzene rings is 1. The Morgan fingerprint density at radius 2 is 1.91 bits per heavy atom. The number of hydrogen-bond donors (Lipinski definition) is 2. The van der Waals surface area contributed by atoms with Gasteiger partial charge in [-0.25, -0.2) is 4.79 Å². The first-order valence-electron chi connectivity index (χ1n) is 7.51. The zero-order valence-electron chi connectivity index (χ0n) is 12.6. The standard InChI is InChI=1S/C17H18N4O2/c22-16-10-14(12-21(16)15-4-2-1-3-5-15)20-17(23)19-11-13-6-8-18-9-7-13/h1-9,14H,10-12H2,(H2,19,20,23). The highest BCUT2D eigenvalue weighted by Crippen LogP contribution is 2.20. The molecule has 0 saturated carbocycles. The van der Waals surface area contributed by atoms with Gasteiger partial charge in [0, 0.05) is 37.6 Å². The van der Waals surface area contributed by atoms with E-state index in [1.165, 1.54) is 0 Å².